The molecule has 0 bridgehead atoms. The molecule has 0 aliphatic rings. The van der Waals surface area contributed by atoms with Gasteiger partial charge in [-0.1, -0.05) is 329 Å². The number of esters is 3. The Balaban J connectivity index is 4.36. The van der Waals surface area contributed by atoms with Crippen LogP contribution < -0.4 is 0 Å². The zero-order valence-corrected chi connectivity index (χ0v) is 54.7. The van der Waals surface area contributed by atoms with E-state index in [0.29, 0.717) is 19.3 Å². The fourth-order valence-corrected chi connectivity index (χ4v) is 10.1. The van der Waals surface area contributed by atoms with Crippen molar-refractivity contribution in [3.8, 4) is 0 Å². The van der Waals surface area contributed by atoms with E-state index < -0.39 is 6.10 Å². The van der Waals surface area contributed by atoms with Crippen LogP contribution in [0.4, 0.5) is 0 Å². The zero-order chi connectivity index (χ0) is 59.9. The van der Waals surface area contributed by atoms with Gasteiger partial charge in [-0.15, -0.1) is 0 Å². The van der Waals surface area contributed by atoms with Gasteiger partial charge in [-0.3, -0.25) is 14.4 Å². The Morgan fingerprint density at radius 2 is 0.470 bits per heavy atom. The maximum atomic E-state index is 13.0. The second-order valence-electron chi connectivity index (χ2n) is 23.4. The Morgan fingerprint density at radius 1 is 0.253 bits per heavy atom. The minimum absolute atomic E-state index is 0.0903. The van der Waals surface area contributed by atoms with Gasteiger partial charge in [-0.2, -0.15) is 0 Å². The molecule has 1 unspecified atom stereocenters. The van der Waals surface area contributed by atoms with Crippen molar-refractivity contribution in [1.82, 2.24) is 0 Å². The molecule has 0 aliphatic heterocycles. The van der Waals surface area contributed by atoms with Crippen LogP contribution in [-0.4, -0.2) is 37.2 Å². The van der Waals surface area contributed by atoms with Crippen LogP contribution in [-0.2, 0) is 28.6 Å². The van der Waals surface area contributed by atoms with Crippen molar-refractivity contribution < 1.29 is 28.6 Å². The third-order valence-corrected chi connectivity index (χ3v) is 15.3. The predicted octanol–water partition coefficient (Wildman–Crippen LogP) is 24.6. The molecular weight excluding hydrogens is 1020 g/mol. The average Bonchev–Trinajstić information content (AvgIpc) is 3.49. The van der Waals surface area contributed by atoms with Crippen LogP contribution in [0.2, 0.25) is 0 Å². The molecule has 0 aromatic rings. The van der Waals surface area contributed by atoms with Crippen LogP contribution in [0.25, 0.3) is 0 Å². The number of unbranched alkanes of at least 4 members (excludes halogenated alkanes) is 35. The first kappa shape index (κ1) is 79.1. The summed E-state index contributed by atoms with van der Waals surface area (Å²) in [5.41, 5.74) is 0. The van der Waals surface area contributed by atoms with Crippen molar-refractivity contribution in [1.29, 1.82) is 0 Å². The Hall–Kier alpha value is -3.93. The lowest BCUT2D eigenvalue weighted by atomic mass is 10.0. The van der Waals surface area contributed by atoms with E-state index in [9.17, 15) is 14.4 Å². The molecule has 0 aromatic heterocycles. The molecular formula is C77H132O6. The van der Waals surface area contributed by atoms with Gasteiger partial charge in [0.15, 0.2) is 6.10 Å². The number of ether oxygens (including phenoxy) is 3. The monoisotopic (exact) mass is 1150 g/mol. The number of allylic oxidation sites excluding steroid dienone is 18. The summed E-state index contributed by atoms with van der Waals surface area (Å²) >= 11 is 0. The van der Waals surface area contributed by atoms with E-state index >= 15 is 0 Å². The Morgan fingerprint density at radius 3 is 0.735 bits per heavy atom. The first-order valence-electron chi connectivity index (χ1n) is 35.4. The van der Waals surface area contributed by atoms with Crippen molar-refractivity contribution in [3.05, 3.63) is 109 Å². The summed E-state index contributed by atoms with van der Waals surface area (Å²) in [5.74, 6) is -0.905. The molecule has 0 aliphatic carbocycles. The maximum absolute atomic E-state index is 13.0. The van der Waals surface area contributed by atoms with Gasteiger partial charge >= 0.3 is 17.9 Å². The van der Waals surface area contributed by atoms with E-state index in [0.717, 1.165) is 148 Å². The van der Waals surface area contributed by atoms with E-state index in [-0.39, 0.29) is 31.1 Å². The molecule has 0 heterocycles. The van der Waals surface area contributed by atoms with Crippen molar-refractivity contribution >= 4 is 17.9 Å². The first-order chi connectivity index (χ1) is 41.0. The van der Waals surface area contributed by atoms with Crippen molar-refractivity contribution in [2.45, 2.75) is 348 Å². The van der Waals surface area contributed by atoms with Gasteiger partial charge in [0.05, 0.1) is 0 Å². The van der Waals surface area contributed by atoms with Gasteiger partial charge in [-0.05, 0) is 103 Å². The van der Waals surface area contributed by atoms with Crippen molar-refractivity contribution in [2.75, 3.05) is 13.2 Å². The predicted molar refractivity (Wildman–Crippen MR) is 362 cm³/mol. The lowest BCUT2D eigenvalue weighted by molar-refractivity contribution is -0.167. The van der Waals surface area contributed by atoms with Crippen LogP contribution in [0.5, 0.6) is 0 Å². The topological polar surface area (TPSA) is 78.9 Å². The zero-order valence-electron chi connectivity index (χ0n) is 54.7. The van der Waals surface area contributed by atoms with E-state index in [1.807, 2.05) is 0 Å². The van der Waals surface area contributed by atoms with Gasteiger partial charge in [-0.25, -0.2) is 0 Å². The highest BCUT2D eigenvalue weighted by molar-refractivity contribution is 5.71. The highest BCUT2D eigenvalue weighted by atomic mass is 16.6. The second kappa shape index (κ2) is 70.6. The SMILES string of the molecule is CC/C=C\C/C=C\C/C=C\C/C=C\C/C=C\C/C=C\CCCCCCCCC(=O)OCC(COC(=O)CCCCCCC/C=C\C/C=C\C/C=C\CC)OC(=O)CCCCCCCCCCCCCCCCCCCCCCCCCCC. The van der Waals surface area contributed by atoms with Crippen molar-refractivity contribution in [2.24, 2.45) is 0 Å². The summed E-state index contributed by atoms with van der Waals surface area (Å²) in [6.45, 7) is 6.43. The fraction of sp³-hybridized carbons (Fsp3) is 0.727. The third-order valence-electron chi connectivity index (χ3n) is 15.3. The Kier molecular flexibility index (Phi) is 67.2. The van der Waals surface area contributed by atoms with Gasteiger partial charge in [0.2, 0.25) is 0 Å². The average molecular weight is 1150 g/mol. The number of carbonyl (C=O) groups is 3. The van der Waals surface area contributed by atoms with Crippen LogP contribution in [0.3, 0.4) is 0 Å². The standard InChI is InChI=1S/C77H132O6/c1-4-7-10-13-16-19-22-25-28-30-32-34-36-38-40-42-44-46-49-52-55-58-61-64-67-70-76(79)82-73-74(72-81-75(78)69-66-63-60-57-54-51-48-27-24-21-18-15-12-9-6-3)83-77(80)71-68-65-62-59-56-53-50-47-45-43-41-39-37-35-33-31-29-26-23-20-17-14-11-8-5-2/h7,9-10,12,16,18-19,21,25,27-28,32,34,38,40,44,46,48,74H,4-6,8,11,13-15,17,20,22-24,26,29-31,33,35-37,39,41-43,45,47,49-73H2,1-3H3/b10-7-,12-9-,19-16-,21-18-,28-25-,34-32-,40-38-,46-44-,48-27-. The molecule has 83 heavy (non-hydrogen) atoms. The lowest BCUT2D eigenvalue weighted by Crippen LogP contribution is -2.30. The lowest BCUT2D eigenvalue weighted by Gasteiger charge is -2.18. The minimum Gasteiger partial charge on any atom is -0.462 e. The van der Waals surface area contributed by atoms with Gasteiger partial charge < -0.3 is 14.2 Å². The van der Waals surface area contributed by atoms with E-state index in [2.05, 4.69) is 130 Å². The van der Waals surface area contributed by atoms with Crippen LogP contribution >= 0.6 is 0 Å². The summed E-state index contributed by atoms with van der Waals surface area (Å²) in [5, 5.41) is 0. The molecule has 1 atom stereocenters. The highest BCUT2D eigenvalue weighted by Gasteiger charge is 2.19. The maximum Gasteiger partial charge on any atom is 0.306 e. The van der Waals surface area contributed by atoms with Gasteiger partial charge in [0.25, 0.3) is 0 Å². The molecule has 6 nitrogen and oxygen atoms in total. The smallest absolute Gasteiger partial charge is 0.306 e. The summed E-state index contributed by atoms with van der Waals surface area (Å²) in [6, 6.07) is 0. The number of hydrogen-bond acceptors (Lipinski definition) is 6. The summed E-state index contributed by atoms with van der Waals surface area (Å²) < 4.78 is 17.0. The molecule has 0 saturated carbocycles. The van der Waals surface area contributed by atoms with E-state index in [1.54, 1.807) is 0 Å². The van der Waals surface area contributed by atoms with Gasteiger partial charge in [0, 0.05) is 19.3 Å². The van der Waals surface area contributed by atoms with Crippen LogP contribution in [0, 0.1) is 0 Å². The molecule has 6 heteroatoms. The number of hydrogen-bond donors (Lipinski definition) is 0. The normalized spacial score (nSPS) is 12.8. The fourth-order valence-electron chi connectivity index (χ4n) is 10.1. The summed E-state index contributed by atoms with van der Waals surface area (Å²) in [6.07, 6.45) is 96.9. The highest BCUT2D eigenvalue weighted by Crippen LogP contribution is 2.18. The molecule has 0 N–H and O–H groups in total. The molecule has 0 radical (unpaired) electrons. The first-order valence-corrected chi connectivity index (χ1v) is 35.4. The number of rotatable bonds is 64. The molecule has 0 fully saturated rings. The minimum atomic E-state index is -0.794. The third kappa shape index (κ3) is 68.7. The Bertz CT molecular complexity index is 1660. The van der Waals surface area contributed by atoms with E-state index in [4.69, 9.17) is 14.2 Å². The second-order valence-corrected chi connectivity index (χ2v) is 23.4. The van der Waals surface area contributed by atoms with Crippen LogP contribution in [0.1, 0.15) is 342 Å². The molecule has 0 amide bonds. The molecule has 0 spiro atoms. The Labute approximate surface area is 514 Å². The molecule has 0 aromatic carbocycles. The number of carbonyl (C=O) groups excluding carboxylic acids is 3. The van der Waals surface area contributed by atoms with Crippen molar-refractivity contribution in [3.63, 3.8) is 0 Å². The summed E-state index contributed by atoms with van der Waals surface area (Å²) in [7, 11) is 0. The molecule has 0 saturated heterocycles. The van der Waals surface area contributed by atoms with E-state index in [1.165, 1.54) is 154 Å². The summed E-state index contributed by atoms with van der Waals surface area (Å²) in [4.78, 5) is 38.5. The van der Waals surface area contributed by atoms with Gasteiger partial charge in [0.1, 0.15) is 13.2 Å². The van der Waals surface area contributed by atoms with Crippen LogP contribution in [0.15, 0.2) is 109 Å². The largest absolute Gasteiger partial charge is 0.462 e. The molecule has 476 valence electrons. The quantitative estimate of drug-likeness (QED) is 0.0261. The molecule has 0 rings (SSSR count).